The number of piperidine rings is 1. The average Bonchev–Trinajstić information content (AvgIpc) is 3.05. The Morgan fingerprint density at radius 1 is 1.20 bits per heavy atom. The minimum absolute atomic E-state index is 0.221. The molecule has 132 valence electrons. The van der Waals surface area contributed by atoms with Crippen LogP contribution in [0.2, 0.25) is 0 Å². The molecule has 0 saturated carbocycles. The molecule has 1 amide bonds. The van der Waals surface area contributed by atoms with Crippen LogP contribution in [0.25, 0.3) is 11.3 Å². The van der Waals surface area contributed by atoms with Crippen LogP contribution in [0.5, 0.6) is 0 Å². The fourth-order valence-electron chi connectivity index (χ4n) is 3.16. The van der Waals surface area contributed by atoms with Crippen molar-refractivity contribution in [1.82, 2.24) is 4.90 Å². The Labute approximate surface area is 146 Å². The number of hydrogen-bond donors (Lipinski definition) is 2. The van der Waals surface area contributed by atoms with Gasteiger partial charge < -0.3 is 15.3 Å². The number of amides is 1. The maximum Gasteiger partial charge on any atom is 0.336 e. The minimum atomic E-state index is -0.977. The number of nitrogens with two attached hydrogens (primary N) is 1. The highest BCUT2D eigenvalue weighted by Gasteiger charge is 2.35. The average molecular weight is 342 g/mol. The van der Waals surface area contributed by atoms with E-state index in [-0.39, 0.29) is 11.5 Å². The molecule has 3 rings (SSSR count). The van der Waals surface area contributed by atoms with E-state index in [4.69, 9.17) is 10.2 Å². The summed E-state index contributed by atoms with van der Waals surface area (Å²) in [7, 11) is 0. The number of rotatable bonds is 5. The van der Waals surface area contributed by atoms with Crippen LogP contribution in [0.3, 0.4) is 0 Å². The highest BCUT2D eigenvalue weighted by Crippen LogP contribution is 2.32. The number of carboxylic acid groups (broad SMARTS) is 1. The molecule has 25 heavy (non-hydrogen) atoms. The van der Waals surface area contributed by atoms with Crippen molar-refractivity contribution >= 4 is 11.9 Å². The zero-order valence-electron chi connectivity index (χ0n) is 14.2. The first kappa shape index (κ1) is 17.2. The Morgan fingerprint density at radius 2 is 1.88 bits per heavy atom. The number of likely N-dealkylation sites (tertiary alicyclic amines) is 1. The standard InChI is InChI=1S/C19H22N2O4/c1-19(18(20)24)8-10-21(11-9-19)12-13-6-7-16(25-13)14-4-2-3-5-15(14)17(22)23/h2-7H,8-12H2,1H3,(H2,20,24)(H,22,23). The number of furan rings is 1. The molecule has 1 aromatic heterocycles. The zero-order chi connectivity index (χ0) is 18.0. The number of benzene rings is 1. The molecule has 6 nitrogen and oxygen atoms in total. The van der Waals surface area contributed by atoms with Crippen LogP contribution in [-0.4, -0.2) is 35.0 Å². The smallest absolute Gasteiger partial charge is 0.336 e. The second kappa shape index (κ2) is 6.72. The summed E-state index contributed by atoms with van der Waals surface area (Å²) in [5.74, 6) is 0.109. The number of hydrogen-bond acceptors (Lipinski definition) is 4. The summed E-state index contributed by atoms with van der Waals surface area (Å²) in [4.78, 5) is 25.1. The van der Waals surface area contributed by atoms with E-state index in [1.165, 1.54) is 0 Å². The Bertz CT molecular complexity index is 788. The molecule has 1 saturated heterocycles. The van der Waals surface area contributed by atoms with Gasteiger partial charge in [-0.15, -0.1) is 0 Å². The summed E-state index contributed by atoms with van der Waals surface area (Å²) >= 11 is 0. The first-order valence-electron chi connectivity index (χ1n) is 8.33. The molecule has 2 aromatic rings. The van der Waals surface area contributed by atoms with E-state index in [0.29, 0.717) is 17.9 Å². The van der Waals surface area contributed by atoms with Crippen molar-refractivity contribution in [3.05, 3.63) is 47.7 Å². The molecule has 3 N–H and O–H groups in total. The van der Waals surface area contributed by atoms with E-state index in [9.17, 15) is 14.7 Å². The monoisotopic (exact) mass is 342 g/mol. The molecule has 0 radical (unpaired) electrons. The van der Waals surface area contributed by atoms with Crippen molar-refractivity contribution < 1.29 is 19.1 Å². The SMILES string of the molecule is CC1(C(N)=O)CCN(Cc2ccc(-c3ccccc3C(=O)O)o2)CC1. The molecule has 1 aliphatic heterocycles. The first-order valence-corrected chi connectivity index (χ1v) is 8.33. The molecule has 1 aromatic carbocycles. The summed E-state index contributed by atoms with van der Waals surface area (Å²) in [6, 6.07) is 10.5. The van der Waals surface area contributed by atoms with Crippen molar-refractivity contribution in [3.63, 3.8) is 0 Å². The van der Waals surface area contributed by atoms with Crippen molar-refractivity contribution in [2.24, 2.45) is 11.1 Å². The minimum Gasteiger partial charge on any atom is -0.478 e. The number of aromatic carboxylic acids is 1. The molecule has 1 aliphatic rings. The number of nitrogens with zero attached hydrogens (tertiary/aromatic N) is 1. The van der Waals surface area contributed by atoms with E-state index in [2.05, 4.69) is 4.90 Å². The second-order valence-electron chi connectivity index (χ2n) is 6.82. The number of primary amides is 1. The van der Waals surface area contributed by atoms with Gasteiger partial charge in [0, 0.05) is 11.0 Å². The van der Waals surface area contributed by atoms with Gasteiger partial charge in [-0.25, -0.2) is 4.79 Å². The van der Waals surface area contributed by atoms with Gasteiger partial charge in [-0.3, -0.25) is 9.69 Å². The van der Waals surface area contributed by atoms with Gasteiger partial charge in [0.05, 0.1) is 12.1 Å². The van der Waals surface area contributed by atoms with E-state index in [0.717, 1.165) is 31.7 Å². The highest BCUT2D eigenvalue weighted by molar-refractivity contribution is 5.95. The molecule has 0 unspecified atom stereocenters. The molecular formula is C19H22N2O4. The Balaban J connectivity index is 1.70. The fourth-order valence-corrected chi connectivity index (χ4v) is 3.16. The lowest BCUT2D eigenvalue weighted by Crippen LogP contribution is -2.45. The van der Waals surface area contributed by atoms with E-state index < -0.39 is 11.4 Å². The number of carboxylic acids is 1. The molecule has 6 heteroatoms. The quantitative estimate of drug-likeness (QED) is 0.871. The lowest BCUT2D eigenvalue weighted by atomic mass is 9.80. The van der Waals surface area contributed by atoms with E-state index >= 15 is 0 Å². The molecule has 0 spiro atoms. The van der Waals surface area contributed by atoms with Gasteiger partial charge in [0.2, 0.25) is 5.91 Å². The normalized spacial score (nSPS) is 17.3. The lowest BCUT2D eigenvalue weighted by molar-refractivity contribution is -0.129. The first-order chi connectivity index (χ1) is 11.9. The molecule has 0 bridgehead atoms. The maximum atomic E-state index is 11.5. The zero-order valence-corrected chi connectivity index (χ0v) is 14.2. The Hall–Kier alpha value is -2.60. The van der Waals surface area contributed by atoms with Gasteiger partial charge >= 0.3 is 5.97 Å². The van der Waals surface area contributed by atoms with Crippen LogP contribution >= 0.6 is 0 Å². The van der Waals surface area contributed by atoms with Crippen molar-refractivity contribution in [2.75, 3.05) is 13.1 Å². The summed E-state index contributed by atoms with van der Waals surface area (Å²) in [5, 5.41) is 9.30. The Morgan fingerprint density at radius 3 is 2.52 bits per heavy atom. The van der Waals surface area contributed by atoms with E-state index in [1.54, 1.807) is 30.3 Å². The maximum absolute atomic E-state index is 11.5. The molecule has 0 aliphatic carbocycles. The molecule has 0 atom stereocenters. The van der Waals surface area contributed by atoms with Gasteiger partial charge in [0.25, 0.3) is 0 Å². The topological polar surface area (TPSA) is 96.8 Å². The van der Waals surface area contributed by atoms with E-state index in [1.807, 2.05) is 13.0 Å². The van der Waals surface area contributed by atoms with Crippen LogP contribution in [-0.2, 0) is 11.3 Å². The lowest BCUT2D eigenvalue weighted by Gasteiger charge is -2.36. The summed E-state index contributed by atoms with van der Waals surface area (Å²) in [6.07, 6.45) is 1.47. The van der Waals surface area contributed by atoms with Crippen LogP contribution in [0.1, 0.15) is 35.9 Å². The molecular weight excluding hydrogens is 320 g/mol. The fraction of sp³-hybridized carbons (Fsp3) is 0.368. The number of carbonyl (C=O) groups excluding carboxylic acids is 1. The van der Waals surface area contributed by atoms with Gasteiger partial charge in [-0.05, 0) is 44.1 Å². The van der Waals surface area contributed by atoms with Gasteiger partial charge in [-0.2, -0.15) is 0 Å². The summed E-state index contributed by atoms with van der Waals surface area (Å²) in [5.41, 5.74) is 5.85. The predicted molar refractivity (Wildman–Crippen MR) is 92.9 cm³/mol. The van der Waals surface area contributed by atoms with Crippen LogP contribution in [0.4, 0.5) is 0 Å². The molecule has 2 heterocycles. The van der Waals surface area contributed by atoms with Gasteiger partial charge in [-0.1, -0.05) is 25.1 Å². The highest BCUT2D eigenvalue weighted by atomic mass is 16.4. The molecule has 1 fully saturated rings. The van der Waals surface area contributed by atoms with Crippen LogP contribution < -0.4 is 5.73 Å². The van der Waals surface area contributed by atoms with Crippen LogP contribution in [0, 0.1) is 5.41 Å². The third-order valence-corrected chi connectivity index (χ3v) is 5.02. The Kier molecular flexibility index (Phi) is 4.63. The third kappa shape index (κ3) is 3.58. The third-order valence-electron chi connectivity index (χ3n) is 5.02. The van der Waals surface area contributed by atoms with Crippen LogP contribution in [0.15, 0.2) is 40.8 Å². The largest absolute Gasteiger partial charge is 0.478 e. The summed E-state index contributed by atoms with van der Waals surface area (Å²) < 4.78 is 5.87. The van der Waals surface area contributed by atoms with Crippen molar-refractivity contribution in [1.29, 1.82) is 0 Å². The predicted octanol–water partition coefficient (Wildman–Crippen LogP) is 2.73. The van der Waals surface area contributed by atoms with Gasteiger partial charge in [0.15, 0.2) is 0 Å². The second-order valence-corrected chi connectivity index (χ2v) is 6.82. The van der Waals surface area contributed by atoms with Crippen molar-refractivity contribution in [2.45, 2.75) is 26.3 Å². The summed E-state index contributed by atoms with van der Waals surface area (Å²) in [6.45, 7) is 4.10. The van der Waals surface area contributed by atoms with Crippen molar-refractivity contribution in [3.8, 4) is 11.3 Å². The van der Waals surface area contributed by atoms with Gasteiger partial charge in [0.1, 0.15) is 11.5 Å². The number of carbonyl (C=O) groups is 2.